The lowest BCUT2D eigenvalue weighted by Gasteiger charge is -2.30. The van der Waals surface area contributed by atoms with E-state index in [0.29, 0.717) is 22.9 Å². The maximum Gasteiger partial charge on any atom is 0.325 e. The molecule has 1 saturated heterocycles. The van der Waals surface area contributed by atoms with Gasteiger partial charge >= 0.3 is 6.03 Å². The molecule has 6 nitrogen and oxygen atoms in total. The van der Waals surface area contributed by atoms with Crippen molar-refractivity contribution in [1.82, 2.24) is 15.5 Å². The summed E-state index contributed by atoms with van der Waals surface area (Å²) in [7, 11) is 0. The molecule has 25 heavy (non-hydrogen) atoms. The van der Waals surface area contributed by atoms with Crippen LogP contribution in [0.3, 0.4) is 0 Å². The second-order valence-corrected chi connectivity index (χ2v) is 7.34. The molecule has 1 saturated carbocycles. The van der Waals surface area contributed by atoms with Gasteiger partial charge in [0.25, 0.3) is 5.91 Å². The molecule has 0 bridgehead atoms. The maximum atomic E-state index is 13.5. The van der Waals surface area contributed by atoms with Crippen molar-refractivity contribution in [3.8, 4) is 0 Å². The number of hydrogen-bond donors (Lipinski definition) is 2. The van der Waals surface area contributed by atoms with Crippen molar-refractivity contribution in [3.63, 3.8) is 0 Å². The molecule has 2 N–H and O–H groups in total. The Morgan fingerprint density at radius 3 is 2.68 bits per heavy atom. The molecule has 1 aliphatic heterocycles. The third-order valence-electron chi connectivity index (χ3n) is 4.73. The Bertz CT molecular complexity index is 719. The van der Waals surface area contributed by atoms with Gasteiger partial charge in [0.1, 0.15) is 17.9 Å². The number of urea groups is 1. The average molecular weight is 412 g/mol. The van der Waals surface area contributed by atoms with Gasteiger partial charge in [0.05, 0.1) is 4.47 Å². The molecule has 4 amide bonds. The Balaban J connectivity index is 1.58. The fourth-order valence-electron chi connectivity index (χ4n) is 3.36. The lowest BCUT2D eigenvalue weighted by Crippen LogP contribution is -2.49. The van der Waals surface area contributed by atoms with Crippen LogP contribution in [-0.4, -0.2) is 34.8 Å². The fraction of sp³-hybridized carbons (Fsp3) is 0.471. The van der Waals surface area contributed by atoms with Crippen LogP contribution in [0.25, 0.3) is 0 Å². The first kappa shape index (κ1) is 17.8. The second kappa shape index (κ2) is 7.11. The Morgan fingerprint density at radius 2 is 2.00 bits per heavy atom. The van der Waals surface area contributed by atoms with Crippen LogP contribution < -0.4 is 10.6 Å². The zero-order valence-electron chi connectivity index (χ0n) is 13.6. The largest absolute Gasteiger partial charge is 0.350 e. The molecule has 1 aromatic rings. The number of rotatable bonds is 4. The van der Waals surface area contributed by atoms with Crippen molar-refractivity contribution < 1.29 is 18.8 Å². The molecule has 1 aliphatic carbocycles. The van der Waals surface area contributed by atoms with Gasteiger partial charge in [-0.2, -0.15) is 0 Å². The summed E-state index contributed by atoms with van der Waals surface area (Å²) in [6, 6.07) is 4.03. The summed E-state index contributed by atoms with van der Waals surface area (Å²) in [5.74, 6) is -1.19. The number of benzene rings is 1. The molecule has 3 rings (SSSR count). The molecule has 1 heterocycles. The molecular formula is C17H19BrFN3O3. The van der Waals surface area contributed by atoms with Crippen molar-refractivity contribution in [2.75, 3.05) is 6.54 Å². The van der Waals surface area contributed by atoms with Crippen LogP contribution in [0.4, 0.5) is 9.18 Å². The van der Waals surface area contributed by atoms with Gasteiger partial charge in [0, 0.05) is 6.54 Å². The Hall–Kier alpha value is -1.96. The predicted molar refractivity (Wildman–Crippen MR) is 92.0 cm³/mol. The van der Waals surface area contributed by atoms with Crippen LogP contribution in [-0.2, 0) is 16.1 Å². The monoisotopic (exact) mass is 411 g/mol. The zero-order chi connectivity index (χ0) is 18.0. The minimum atomic E-state index is -0.829. The number of imide groups is 1. The summed E-state index contributed by atoms with van der Waals surface area (Å²) < 4.78 is 13.8. The molecule has 2 fully saturated rings. The number of nitrogens with one attached hydrogen (secondary N) is 2. The Labute approximate surface area is 153 Å². The quantitative estimate of drug-likeness (QED) is 0.746. The average Bonchev–Trinajstić information content (AvgIpc) is 2.81. The highest BCUT2D eigenvalue weighted by atomic mass is 79.9. The summed E-state index contributed by atoms with van der Waals surface area (Å²) >= 11 is 3.06. The molecule has 0 atom stereocenters. The first-order valence-electron chi connectivity index (χ1n) is 8.26. The lowest BCUT2D eigenvalue weighted by atomic mass is 9.82. The van der Waals surface area contributed by atoms with E-state index in [0.717, 1.165) is 24.2 Å². The van der Waals surface area contributed by atoms with E-state index in [1.54, 1.807) is 12.1 Å². The summed E-state index contributed by atoms with van der Waals surface area (Å²) in [4.78, 5) is 37.8. The Morgan fingerprint density at radius 1 is 1.28 bits per heavy atom. The topological polar surface area (TPSA) is 78.5 Å². The fourth-order valence-corrected chi connectivity index (χ4v) is 3.61. The minimum Gasteiger partial charge on any atom is -0.350 e. The van der Waals surface area contributed by atoms with Crippen molar-refractivity contribution in [2.45, 2.75) is 44.2 Å². The minimum absolute atomic E-state index is 0.123. The normalized spacial score (nSPS) is 19.2. The number of amides is 4. The van der Waals surface area contributed by atoms with Gasteiger partial charge in [-0.05, 0) is 46.5 Å². The highest BCUT2D eigenvalue weighted by Crippen LogP contribution is 2.33. The van der Waals surface area contributed by atoms with Gasteiger partial charge in [-0.1, -0.05) is 25.3 Å². The molecular weight excluding hydrogens is 393 g/mol. The SMILES string of the molecule is O=C(CN1C(=O)NC2(CCCCC2)C1=O)NCc1ccc(Br)c(F)c1. The number of halogens is 2. The van der Waals surface area contributed by atoms with Crippen molar-refractivity contribution >= 4 is 33.8 Å². The summed E-state index contributed by atoms with van der Waals surface area (Å²) in [6.07, 6.45) is 4.07. The third-order valence-corrected chi connectivity index (χ3v) is 5.37. The Kier molecular flexibility index (Phi) is 5.08. The van der Waals surface area contributed by atoms with Gasteiger partial charge in [0.2, 0.25) is 5.91 Å². The maximum absolute atomic E-state index is 13.5. The van der Waals surface area contributed by atoms with Crippen LogP contribution in [0.5, 0.6) is 0 Å². The van der Waals surface area contributed by atoms with Gasteiger partial charge < -0.3 is 10.6 Å². The predicted octanol–water partition coefficient (Wildman–Crippen LogP) is 2.46. The van der Waals surface area contributed by atoms with E-state index >= 15 is 0 Å². The van der Waals surface area contributed by atoms with Crippen molar-refractivity contribution in [2.24, 2.45) is 0 Å². The number of carbonyl (C=O) groups excluding carboxylic acids is 3. The summed E-state index contributed by atoms with van der Waals surface area (Å²) in [6.45, 7) is -0.205. The molecule has 2 aliphatic rings. The van der Waals surface area contributed by atoms with E-state index in [2.05, 4.69) is 26.6 Å². The smallest absolute Gasteiger partial charge is 0.325 e. The summed E-state index contributed by atoms with van der Waals surface area (Å²) in [5, 5.41) is 5.37. The highest BCUT2D eigenvalue weighted by molar-refractivity contribution is 9.10. The molecule has 0 aromatic heterocycles. The van der Waals surface area contributed by atoms with E-state index in [1.807, 2.05) is 0 Å². The van der Waals surface area contributed by atoms with Gasteiger partial charge in [-0.15, -0.1) is 0 Å². The molecule has 1 aromatic carbocycles. The number of carbonyl (C=O) groups is 3. The van der Waals surface area contributed by atoms with E-state index in [9.17, 15) is 18.8 Å². The van der Waals surface area contributed by atoms with E-state index in [1.165, 1.54) is 6.07 Å². The zero-order valence-corrected chi connectivity index (χ0v) is 15.2. The molecule has 134 valence electrons. The number of hydrogen-bond acceptors (Lipinski definition) is 3. The lowest BCUT2D eigenvalue weighted by molar-refractivity contribution is -0.135. The first-order chi connectivity index (χ1) is 11.9. The van der Waals surface area contributed by atoms with Crippen LogP contribution in [0, 0.1) is 5.82 Å². The van der Waals surface area contributed by atoms with Gasteiger partial charge in [-0.3, -0.25) is 14.5 Å². The van der Waals surface area contributed by atoms with E-state index in [-0.39, 0.29) is 19.0 Å². The van der Waals surface area contributed by atoms with Gasteiger partial charge in [-0.25, -0.2) is 9.18 Å². The molecule has 1 spiro atoms. The van der Waals surface area contributed by atoms with Gasteiger partial charge in [0.15, 0.2) is 0 Å². The third kappa shape index (κ3) is 3.68. The second-order valence-electron chi connectivity index (χ2n) is 6.49. The van der Waals surface area contributed by atoms with Crippen molar-refractivity contribution in [1.29, 1.82) is 0 Å². The summed E-state index contributed by atoms with van der Waals surface area (Å²) in [5.41, 5.74) is -0.236. The molecule has 8 heteroatoms. The van der Waals surface area contributed by atoms with Crippen LogP contribution in [0.15, 0.2) is 22.7 Å². The molecule has 0 unspecified atom stereocenters. The van der Waals surface area contributed by atoms with Crippen LogP contribution in [0.1, 0.15) is 37.7 Å². The van der Waals surface area contributed by atoms with Crippen LogP contribution in [0.2, 0.25) is 0 Å². The van der Waals surface area contributed by atoms with E-state index in [4.69, 9.17) is 0 Å². The van der Waals surface area contributed by atoms with Crippen molar-refractivity contribution in [3.05, 3.63) is 34.1 Å². The first-order valence-corrected chi connectivity index (χ1v) is 9.05. The van der Waals surface area contributed by atoms with Crippen LogP contribution >= 0.6 is 15.9 Å². The molecule has 0 radical (unpaired) electrons. The number of nitrogens with zero attached hydrogens (tertiary/aromatic N) is 1. The van der Waals surface area contributed by atoms with E-state index < -0.39 is 23.3 Å². The highest BCUT2D eigenvalue weighted by Gasteiger charge is 2.51. The standard InChI is InChI=1S/C17H19BrFN3O3/c18-12-5-4-11(8-13(12)19)9-20-14(23)10-22-15(24)17(21-16(22)25)6-2-1-3-7-17/h4-5,8H,1-3,6-7,9-10H2,(H,20,23)(H,21,25).